The summed E-state index contributed by atoms with van der Waals surface area (Å²) in [5.74, 6) is -1.22. The maximum atomic E-state index is 12.0. The first-order chi connectivity index (χ1) is 10.1. The highest BCUT2D eigenvalue weighted by Crippen LogP contribution is 2.17. The van der Waals surface area contributed by atoms with Gasteiger partial charge in [-0.05, 0) is 25.7 Å². The van der Waals surface area contributed by atoms with Gasteiger partial charge in [0.05, 0.1) is 5.69 Å². The van der Waals surface area contributed by atoms with Crippen molar-refractivity contribution in [2.24, 2.45) is 0 Å². The zero-order valence-corrected chi connectivity index (χ0v) is 12.3. The second kappa shape index (κ2) is 7.19. The monoisotopic (exact) mass is 294 g/mol. The minimum Gasteiger partial charge on any atom is -0.476 e. The lowest BCUT2D eigenvalue weighted by molar-refractivity contribution is -0.122. The summed E-state index contributed by atoms with van der Waals surface area (Å²) in [5.41, 5.74) is 0.489. The van der Waals surface area contributed by atoms with Gasteiger partial charge in [0.15, 0.2) is 5.69 Å². The molecule has 1 aromatic rings. The van der Waals surface area contributed by atoms with E-state index in [-0.39, 0.29) is 24.2 Å². The maximum absolute atomic E-state index is 12.0. The van der Waals surface area contributed by atoms with Gasteiger partial charge in [0.1, 0.15) is 6.54 Å². The fourth-order valence-corrected chi connectivity index (χ4v) is 2.70. The normalized spacial score (nSPS) is 15.3. The Kier molecular flexibility index (Phi) is 5.30. The third-order valence-corrected chi connectivity index (χ3v) is 3.82. The number of carbonyl (C=O) groups excluding carboxylic acids is 1. The Bertz CT molecular complexity index is 506. The standard InChI is InChI=1S/C14H22N4O3/c1-2-3-8-11-13(14(20)21)16-17-18(11)9-12(19)15-10-6-4-5-7-10/h10H,2-9H2,1H3,(H,15,19)(H,20,21). The minimum absolute atomic E-state index is 0.0375. The number of carboxylic acids is 1. The number of hydrogen-bond acceptors (Lipinski definition) is 4. The van der Waals surface area contributed by atoms with Gasteiger partial charge in [-0.1, -0.05) is 31.4 Å². The Balaban J connectivity index is 2.03. The second-order valence-corrected chi connectivity index (χ2v) is 5.50. The van der Waals surface area contributed by atoms with Crippen LogP contribution in [0, 0.1) is 0 Å². The molecule has 1 aliphatic rings. The van der Waals surface area contributed by atoms with Crippen molar-refractivity contribution >= 4 is 11.9 Å². The highest BCUT2D eigenvalue weighted by molar-refractivity contribution is 5.86. The van der Waals surface area contributed by atoms with Crippen LogP contribution in [0.2, 0.25) is 0 Å². The number of carbonyl (C=O) groups is 2. The molecule has 2 rings (SSSR count). The van der Waals surface area contributed by atoms with Crippen LogP contribution in [0.4, 0.5) is 0 Å². The van der Waals surface area contributed by atoms with Gasteiger partial charge < -0.3 is 10.4 Å². The number of nitrogens with zero attached hydrogens (tertiary/aromatic N) is 3. The van der Waals surface area contributed by atoms with Crippen LogP contribution >= 0.6 is 0 Å². The van der Waals surface area contributed by atoms with E-state index >= 15 is 0 Å². The van der Waals surface area contributed by atoms with Crippen molar-refractivity contribution in [3.05, 3.63) is 11.4 Å². The largest absolute Gasteiger partial charge is 0.476 e. The molecular formula is C14H22N4O3. The maximum Gasteiger partial charge on any atom is 0.358 e. The average molecular weight is 294 g/mol. The van der Waals surface area contributed by atoms with E-state index in [1.807, 2.05) is 6.92 Å². The molecule has 1 saturated carbocycles. The summed E-state index contributed by atoms with van der Waals surface area (Å²) in [4.78, 5) is 23.2. The number of rotatable bonds is 7. The Labute approximate surface area is 123 Å². The Morgan fingerprint density at radius 2 is 2.10 bits per heavy atom. The molecule has 0 radical (unpaired) electrons. The van der Waals surface area contributed by atoms with Gasteiger partial charge in [-0.2, -0.15) is 0 Å². The first kappa shape index (κ1) is 15.5. The number of carboxylic acid groups (broad SMARTS) is 1. The van der Waals surface area contributed by atoms with Gasteiger partial charge in [0.2, 0.25) is 5.91 Å². The number of hydrogen-bond donors (Lipinski definition) is 2. The predicted molar refractivity (Wildman–Crippen MR) is 76.0 cm³/mol. The summed E-state index contributed by atoms with van der Waals surface area (Å²) in [5, 5.41) is 19.6. The smallest absolute Gasteiger partial charge is 0.358 e. The van der Waals surface area contributed by atoms with Crippen LogP contribution in [-0.2, 0) is 17.8 Å². The number of unbranched alkanes of at least 4 members (excludes halogenated alkanes) is 1. The lowest BCUT2D eigenvalue weighted by atomic mass is 10.1. The van der Waals surface area contributed by atoms with E-state index < -0.39 is 5.97 Å². The van der Waals surface area contributed by atoms with E-state index in [9.17, 15) is 9.59 Å². The second-order valence-electron chi connectivity index (χ2n) is 5.50. The molecule has 0 saturated heterocycles. The van der Waals surface area contributed by atoms with Crippen molar-refractivity contribution in [3.63, 3.8) is 0 Å². The number of aromatic carboxylic acids is 1. The molecule has 0 aromatic carbocycles. The van der Waals surface area contributed by atoms with Crippen LogP contribution in [0.5, 0.6) is 0 Å². The van der Waals surface area contributed by atoms with E-state index in [4.69, 9.17) is 5.11 Å². The molecule has 1 heterocycles. The number of amides is 1. The first-order valence-corrected chi connectivity index (χ1v) is 7.56. The molecule has 116 valence electrons. The number of aromatic nitrogens is 3. The quantitative estimate of drug-likeness (QED) is 0.791. The molecule has 1 aromatic heterocycles. The van der Waals surface area contributed by atoms with Crippen molar-refractivity contribution < 1.29 is 14.7 Å². The molecule has 0 aliphatic heterocycles. The lowest BCUT2D eigenvalue weighted by Gasteiger charge is -2.12. The van der Waals surface area contributed by atoms with Crippen LogP contribution in [0.25, 0.3) is 0 Å². The zero-order chi connectivity index (χ0) is 15.2. The molecule has 7 nitrogen and oxygen atoms in total. The van der Waals surface area contributed by atoms with Gasteiger partial charge >= 0.3 is 5.97 Å². The van der Waals surface area contributed by atoms with Gasteiger partial charge in [0.25, 0.3) is 0 Å². The van der Waals surface area contributed by atoms with Crippen LogP contribution in [0.1, 0.15) is 61.6 Å². The van der Waals surface area contributed by atoms with E-state index in [2.05, 4.69) is 15.6 Å². The number of nitrogens with one attached hydrogen (secondary N) is 1. The molecule has 1 amide bonds. The van der Waals surface area contributed by atoms with E-state index in [0.29, 0.717) is 12.1 Å². The van der Waals surface area contributed by atoms with Gasteiger partial charge in [-0.15, -0.1) is 5.10 Å². The molecule has 21 heavy (non-hydrogen) atoms. The summed E-state index contributed by atoms with van der Waals surface area (Å²) in [6.45, 7) is 2.07. The van der Waals surface area contributed by atoms with E-state index in [1.54, 1.807) is 0 Å². The van der Waals surface area contributed by atoms with Crippen LogP contribution in [-0.4, -0.2) is 38.0 Å². The first-order valence-electron chi connectivity index (χ1n) is 7.56. The molecule has 1 fully saturated rings. The zero-order valence-electron chi connectivity index (χ0n) is 12.3. The third-order valence-electron chi connectivity index (χ3n) is 3.82. The van der Waals surface area contributed by atoms with Crippen molar-refractivity contribution in [2.75, 3.05) is 0 Å². The molecule has 0 bridgehead atoms. The van der Waals surface area contributed by atoms with Crippen LogP contribution in [0.15, 0.2) is 0 Å². The summed E-state index contributed by atoms with van der Waals surface area (Å²) in [6.07, 6.45) is 6.70. The van der Waals surface area contributed by atoms with Crippen molar-refractivity contribution in [1.29, 1.82) is 0 Å². The van der Waals surface area contributed by atoms with Gasteiger partial charge in [0, 0.05) is 6.04 Å². The molecule has 0 spiro atoms. The molecular weight excluding hydrogens is 272 g/mol. The van der Waals surface area contributed by atoms with Gasteiger partial charge in [-0.3, -0.25) is 4.79 Å². The summed E-state index contributed by atoms with van der Waals surface area (Å²) in [6, 6.07) is 0.249. The summed E-state index contributed by atoms with van der Waals surface area (Å²) < 4.78 is 1.42. The van der Waals surface area contributed by atoms with E-state index in [0.717, 1.165) is 38.5 Å². The van der Waals surface area contributed by atoms with Crippen molar-refractivity contribution in [3.8, 4) is 0 Å². The Morgan fingerprint density at radius 1 is 1.38 bits per heavy atom. The van der Waals surface area contributed by atoms with Crippen molar-refractivity contribution in [2.45, 2.75) is 64.5 Å². The fourth-order valence-electron chi connectivity index (χ4n) is 2.70. The highest BCUT2D eigenvalue weighted by Gasteiger charge is 2.21. The highest BCUT2D eigenvalue weighted by atomic mass is 16.4. The average Bonchev–Trinajstić information content (AvgIpc) is 3.06. The summed E-state index contributed by atoms with van der Waals surface area (Å²) >= 11 is 0. The third kappa shape index (κ3) is 4.03. The molecule has 1 aliphatic carbocycles. The minimum atomic E-state index is -1.09. The van der Waals surface area contributed by atoms with Crippen LogP contribution < -0.4 is 5.32 Å². The lowest BCUT2D eigenvalue weighted by Crippen LogP contribution is -2.35. The van der Waals surface area contributed by atoms with E-state index in [1.165, 1.54) is 4.68 Å². The molecule has 7 heteroatoms. The SMILES string of the molecule is CCCCc1c(C(=O)O)nnn1CC(=O)NC1CCCC1. The predicted octanol–water partition coefficient (Wildman–Crippen LogP) is 1.38. The Morgan fingerprint density at radius 3 is 2.71 bits per heavy atom. The van der Waals surface area contributed by atoms with Crippen molar-refractivity contribution in [1.82, 2.24) is 20.3 Å². The fraction of sp³-hybridized carbons (Fsp3) is 0.714. The topological polar surface area (TPSA) is 97.1 Å². The molecule has 0 atom stereocenters. The molecule has 0 unspecified atom stereocenters. The summed E-state index contributed by atoms with van der Waals surface area (Å²) in [7, 11) is 0. The Hall–Kier alpha value is -1.92. The molecule has 2 N–H and O–H groups in total. The van der Waals surface area contributed by atoms with Crippen LogP contribution in [0.3, 0.4) is 0 Å². The van der Waals surface area contributed by atoms with Gasteiger partial charge in [-0.25, -0.2) is 9.48 Å².